The van der Waals surface area contributed by atoms with Crippen LogP contribution in [-0.2, 0) is 14.2 Å². The van der Waals surface area contributed by atoms with Crippen molar-refractivity contribution in [3.05, 3.63) is 0 Å². The third-order valence-electron chi connectivity index (χ3n) is 2.98. The molecule has 1 aliphatic carbocycles. The van der Waals surface area contributed by atoms with Gasteiger partial charge in [-0.1, -0.05) is 19.3 Å². The molecule has 2 rings (SSSR count). The maximum atomic E-state index is 5.80. The zero-order valence-corrected chi connectivity index (χ0v) is 10.7. The van der Waals surface area contributed by atoms with Crippen LogP contribution in [0.15, 0.2) is 0 Å². The Labute approximate surface area is 92.8 Å². The minimum Gasteiger partial charge on any atom is -0.326 e. The van der Waals surface area contributed by atoms with Crippen molar-refractivity contribution in [1.29, 1.82) is 0 Å². The summed E-state index contributed by atoms with van der Waals surface area (Å²) in [5.41, 5.74) is 0. The Hall–Kier alpha value is 0.310. The van der Waals surface area contributed by atoms with Gasteiger partial charge in [-0.3, -0.25) is 9.47 Å². The molecule has 1 saturated heterocycles. The summed E-state index contributed by atoms with van der Waals surface area (Å²) in [5.74, 6) is 0. The highest BCUT2D eigenvalue weighted by atomic mass is 31.2. The maximum absolute atomic E-state index is 5.80. The summed E-state index contributed by atoms with van der Waals surface area (Å²) < 4.78 is 17.0. The Balaban J connectivity index is 1.71. The van der Waals surface area contributed by atoms with E-state index in [1.165, 1.54) is 32.1 Å². The Morgan fingerprint density at radius 1 is 1.00 bits per heavy atom. The highest BCUT2D eigenvalue weighted by Crippen LogP contribution is 2.53. The van der Waals surface area contributed by atoms with Crippen LogP contribution in [0.25, 0.3) is 0 Å². The summed E-state index contributed by atoms with van der Waals surface area (Å²) in [6.07, 6.45) is 8.30. The summed E-state index contributed by atoms with van der Waals surface area (Å²) in [6, 6.07) is 0. The van der Waals surface area contributed by atoms with Gasteiger partial charge in [0.25, 0.3) is 6.48 Å². The van der Waals surface area contributed by atoms with Gasteiger partial charge in [0.05, 0.1) is 26.7 Å². The first-order valence-electron chi connectivity index (χ1n) is 5.86. The van der Waals surface area contributed by atoms with E-state index in [9.17, 15) is 0 Å². The quantitative estimate of drug-likeness (QED) is 0.686. The van der Waals surface area contributed by atoms with Crippen molar-refractivity contribution >= 4 is 7.26 Å². The molecular formula is C11H22O3P+. The molecule has 3 nitrogen and oxygen atoms in total. The molecule has 0 spiro atoms. The van der Waals surface area contributed by atoms with E-state index in [4.69, 9.17) is 14.2 Å². The second kappa shape index (κ2) is 5.09. The topological polar surface area (TPSA) is 27.7 Å². The molecule has 2 fully saturated rings. The lowest BCUT2D eigenvalue weighted by Gasteiger charge is -2.32. The molecule has 15 heavy (non-hydrogen) atoms. The first kappa shape index (κ1) is 11.8. The van der Waals surface area contributed by atoms with E-state index in [1.807, 2.05) is 0 Å². The fraction of sp³-hybridized carbons (Fsp3) is 1.00. The largest absolute Gasteiger partial charge is 0.326 e. The lowest BCUT2D eigenvalue weighted by atomic mass is 9.98. The lowest BCUT2D eigenvalue weighted by molar-refractivity contribution is -0.301. The third-order valence-corrected chi connectivity index (χ3v) is 4.67. The van der Waals surface area contributed by atoms with Crippen molar-refractivity contribution < 1.29 is 14.2 Å². The number of ether oxygens (including phenoxy) is 3. The fourth-order valence-corrected chi connectivity index (χ4v) is 3.17. The van der Waals surface area contributed by atoms with Crippen molar-refractivity contribution in [3.8, 4) is 0 Å². The Kier molecular flexibility index (Phi) is 4.00. The number of rotatable bonds is 2. The van der Waals surface area contributed by atoms with Gasteiger partial charge in [0, 0.05) is 0 Å². The van der Waals surface area contributed by atoms with Gasteiger partial charge < -0.3 is 4.74 Å². The van der Waals surface area contributed by atoms with Crippen molar-refractivity contribution in [2.24, 2.45) is 0 Å². The molecule has 0 N–H and O–H groups in total. The molecule has 4 heteroatoms. The molecule has 1 saturated carbocycles. The standard InChI is InChI=1S/C11H22O3P/c1-15(2)8-12-11(13-9-15)14-10-6-4-3-5-7-10/h10-11H,3-9H2,1-2H3/q+1. The van der Waals surface area contributed by atoms with Gasteiger partial charge in [-0.25, -0.2) is 0 Å². The van der Waals surface area contributed by atoms with E-state index >= 15 is 0 Å². The molecular weight excluding hydrogens is 211 g/mol. The summed E-state index contributed by atoms with van der Waals surface area (Å²) >= 11 is 0. The molecule has 0 atom stereocenters. The van der Waals surface area contributed by atoms with E-state index in [-0.39, 0.29) is 6.48 Å². The van der Waals surface area contributed by atoms with Crippen molar-refractivity contribution in [1.82, 2.24) is 0 Å². The van der Waals surface area contributed by atoms with E-state index in [0.717, 1.165) is 12.7 Å². The summed E-state index contributed by atoms with van der Waals surface area (Å²) in [4.78, 5) is 0. The molecule has 1 aliphatic heterocycles. The van der Waals surface area contributed by atoms with Crippen LogP contribution in [0.2, 0.25) is 0 Å². The minimum atomic E-state index is -0.952. The van der Waals surface area contributed by atoms with Crippen LogP contribution in [-0.4, -0.2) is 38.6 Å². The molecule has 0 unspecified atom stereocenters. The van der Waals surface area contributed by atoms with Gasteiger partial charge >= 0.3 is 0 Å². The molecule has 0 amide bonds. The van der Waals surface area contributed by atoms with E-state index in [1.54, 1.807) is 0 Å². The Bertz CT molecular complexity index is 192. The van der Waals surface area contributed by atoms with Gasteiger partial charge in [0.2, 0.25) is 0 Å². The van der Waals surface area contributed by atoms with E-state index in [0.29, 0.717) is 6.10 Å². The zero-order chi connectivity index (χ0) is 10.7. The predicted octanol–water partition coefficient (Wildman–Crippen LogP) is 2.86. The number of hydrogen-bond acceptors (Lipinski definition) is 3. The second-order valence-electron chi connectivity index (χ2n) is 5.21. The van der Waals surface area contributed by atoms with Crippen molar-refractivity contribution in [2.75, 3.05) is 26.0 Å². The smallest absolute Gasteiger partial charge is 0.277 e. The van der Waals surface area contributed by atoms with Crippen LogP contribution >= 0.6 is 7.26 Å². The first-order chi connectivity index (χ1) is 7.16. The highest BCUT2D eigenvalue weighted by Gasteiger charge is 2.35. The zero-order valence-electron chi connectivity index (χ0n) is 9.78. The van der Waals surface area contributed by atoms with Gasteiger partial charge in [0.15, 0.2) is 12.7 Å². The van der Waals surface area contributed by atoms with Crippen LogP contribution < -0.4 is 0 Å². The summed E-state index contributed by atoms with van der Waals surface area (Å²) in [7, 11) is -0.952. The Morgan fingerprint density at radius 2 is 1.60 bits per heavy atom. The highest BCUT2D eigenvalue weighted by molar-refractivity contribution is 7.74. The molecule has 1 heterocycles. The van der Waals surface area contributed by atoms with Crippen LogP contribution in [0.5, 0.6) is 0 Å². The number of hydrogen-bond donors (Lipinski definition) is 0. The van der Waals surface area contributed by atoms with Crippen molar-refractivity contribution in [3.63, 3.8) is 0 Å². The predicted molar refractivity (Wildman–Crippen MR) is 62.4 cm³/mol. The minimum absolute atomic E-state index is 0.364. The normalized spacial score (nSPS) is 29.2. The SMILES string of the molecule is C[P+]1(C)COC(OC2CCCCC2)OC1. The van der Waals surface area contributed by atoms with Crippen LogP contribution in [0.4, 0.5) is 0 Å². The van der Waals surface area contributed by atoms with E-state index in [2.05, 4.69) is 13.3 Å². The second-order valence-corrected chi connectivity index (χ2v) is 9.60. The molecule has 0 bridgehead atoms. The van der Waals surface area contributed by atoms with Crippen molar-refractivity contribution in [2.45, 2.75) is 44.7 Å². The summed E-state index contributed by atoms with van der Waals surface area (Å²) in [5, 5.41) is 0. The van der Waals surface area contributed by atoms with Gasteiger partial charge in [-0.15, -0.1) is 0 Å². The molecule has 0 radical (unpaired) electrons. The maximum Gasteiger partial charge on any atom is 0.277 e. The van der Waals surface area contributed by atoms with Gasteiger partial charge in [-0.05, 0) is 12.8 Å². The van der Waals surface area contributed by atoms with Crippen LogP contribution in [0.1, 0.15) is 32.1 Å². The average Bonchev–Trinajstić information content (AvgIpc) is 2.23. The fourth-order valence-electron chi connectivity index (χ4n) is 2.05. The molecule has 0 aromatic carbocycles. The lowest BCUT2D eigenvalue weighted by Crippen LogP contribution is -2.33. The molecule has 2 aliphatic rings. The first-order valence-corrected chi connectivity index (χ1v) is 8.92. The van der Waals surface area contributed by atoms with Gasteiger partial charge in [0.1, 0.15) is 0 Å². The molecule has 88 valence electrons. The van der Waals surface area contributed by atoms with Crippen LogP contribution in [0.3, 0.4) is 0 Å². The third kappa shape index (κ3) is 3.67. The molecule has 0 aromatic heterocycles. The summed E-state index contributed by atoms with van der Waals surface area (Å²) in [6.45, 7) is 4.12. The van der Waals surface area contributed by atoms with Gasteiger partial charge in [-0.2, -0.15) is 0 Å². The average molecular weight is 233 g/mol. The van der Waals surface area contributed by atoms with E-state index < -0.39 is 7.26 Å². The Morgan fingerprint density at radius 3 is 2.20 bits per heavy atom. The molecule has 0 aromatic rings. The van der Waals surface area contributed by atoms with Crippen LogP contribution in [0, 0.1) is 0 Å². The monoisotopic (exact) mass is 233 g/mol.